The largest absolute Gasteiger partial charge is 0.491 e. The van der Waals surface area contributed by atoms with E-state index in [1.807, 2.05) is 0 Å². The lowest BCUT2D eigenvalue weighted by Crippen LogP contribution is -2.50. The van der Waals surface area contributed by atoms with Gasteiger partial charge in [-0.2, -0.15) is 0 Å². The molecule has 4 heteroatoms. The minimum absolute atomic E-state index is 0.0255. The van der Waals surface area contributed by atoms with E-state index in [1.54, 1.807) is 12.5 Å². The maximum absolute atomic E-state index is 11.3. The summed E-state index contributed by atoms with van der Waals surface area (Å²) in [5.41, 5.74) is 3.68. The third kappa shape index (κ3) is 3.92. The van der Waals surface area contributed by atoms with Crippen LogP contribution in [-0.2, 0) is 9.53 Å². The molecule has 1 aliphatic heterocycles. The smallest absolute Gasteiger partial charge is 0.216 e. The Labute approximate surface area is 213 Å². The predicted octanol–water partition coefficient (Wildman–Crippen LogP) is 6.54. The second kappa shape index (κ2) is 8.92. The molecule has 0 aromatic carbocycles. The summed E-state index contributed by atoms with van der Waals surface area (Å²) in [6.07, 6.45) is 13.6. The maximum atomic E-state index is 11.3. The first-order valence-electron chi connectivity index (χ1n) is 14.5. The van der Waals surface area contributed by atoms with Gasteiger partial charge in [0.05, 0.1) is 11.9 Å². The van der Waals surface area contributed by atoms with Crippen molar-refractivity contribution in [1.29, 1.82) is 0 Å². The van der Waals surface area contributed by atoms with Gasteiger partial charge in [-0.1, -0.05) is 39.3 Å². The molecule has 5 rings (SSSR count). The van der Waals surface area contributed by atoms with Gasteiger partial charge in [-0.15, -0.1) is 0 Å². The van der Waals surface area contributed by atoms with E-state index in [4.69, 9.17) is 4.74 Å². The van der Waals surface area contributed by atoms with E-state index in [2.05, 4.69) is 46.0 Å². The summed E-state index contributed by atoms with van der Waals surface area (Å²) in [5, 5.41) is 13.3. The minimum atomic E-state index is -0.130. The number of aliphatic hydroxyl groups is 1. The van der Waals surface area contributed by atoms with E-state index in [-0.39, 0.29) is 17.6 Å². The van der Waals surface area contributed by atoms with Crippen LogP contribution in [0.4, 0.5) is 0 Å². The van der Waals surface area contributed by atoms with Crippen molar-refractivity contribution in [2.75, 3.05) is 6.54 Å². The minimum Gasteiger partial charge on any atom is -0.491 e. The summed E-state index contributed by atoms with van der Waals surface area (Å²) in [7, 11) is 0. The summed E-state index contributed by atoms with van der Waals surface area (Å²) in [6, 6.07) is 0. The summed E-state index contributed by atoms with van der Waals surface area (Å²) in [4.78, 5) is 11.3. The van der Waals surface area contributed by atoms with Crippen LogP contribution in [-0.4, -0.2) is 29.3 Å². The van der Waals surface area contributed by atoms with Crippen LogP contribution in [0.2, 0.25) is 0 Å². The zero-order valence-electron chi connectivity index (χ0n) is 23.1. The molecule has 9 atom stereocenters. The number of allylic oxidation sites excluding steroid dienone is 2. The van der Waals surface area contributed by atoms with Crippen LogP contribution in [0.25, 0.3) is 0 Å². The third-order valence-electron chi connectivity index (χ3n) is 11.6. The number of aliphatic hydroxyl groups excluding tert-OH is 1. The molecule has 0 spiro atoms. The second-order valence-electron chi connectivity index (χ2n) is 13.5. The van der Waals surface area contributed by atoms with Crippen LogP contribution in [0.5, 0.6) is 0 Å². The van der Waals surface area contributed by atoms with Crippen LogP contribution in [0.1, 0.15) is 106 Å². The molecule has 1 amide bonds. The number of nitrogens with one attached hydrogen (secondary N) is 1. The van der Waals surface area contributed by atoms with Gasteiger partial charge in [-0.3, -0.25) is 4.79 Å². The number of carbonyl (C=O) groups is 1. The average Bonchev–Trinajstić information content (AvgIpc) is 3.25. The van der Waals surface area contributed by atoms with Crippen molar-refractivity contribution < 1.29 is 14.6 Å². The lowest BCUT2D eigenvalue weighted by Gasteiger charge is -2.57. The van der Waals surface area contributed by atoms with Crippen molar-refractivity contribution in [3.63, 3.8) is 0 Å². The summed E-state index contributed by atoms with van der Waals surface area (Å²) >= 11 is 0. The summed E-state index contributed by atoms with van der Waals surface area (Å²) in [5.74, 6) is 4.55. The normalized spacial score (nSPS) is 45.0. The number of rotatable bonds is 6. The molecule has 1 heterocycles. The molecule has 0 bridgehead atoms. The van der Waals surface area contributed by atoms with Gasteiger partial charge in [0.15, 0.2) is 0 Å². The lowest BCUT2D eigenvalue weighted by molar-refractivity contribution is -0.119. The Bertz CT molecular complexity index is 922. The second-order valence-corrected chi connectivity index (χ2v) is 13.5. The Morgan fingerprint density at radius 2 is 2.03 bits per heavy atom. The number of hydrogen-bond donors (Lipinski definition) is 2. The molecule has 0 aromatic heterocycles. The maximum Gasteiger partial charge on any atom is 0.216 e. The van der Waals surface area contributed by atoms with Crippen molar-refractivity contribution in [3.05, 3.63) is 23.0 Å². The average molecular weight is 484 g/mol. The third-order valence-corrected chi connectivity index (χ3v) is 11.6. The monoisotopic (exact) mass is 483 g/mol. The van der Waals surface area contributed by atoms with Crippen molar-refractivity contribution in [1.82, 2.24) is 5.32 Å². The van der Waals surface area contributed by atoms with Gasteiger partial charge in [-0.05, 0) is 105 Å². The highest BCUT2D eigenvalue weighted by Gasteiger charge is 2.68. The molecule has 4 nitrogen and oxygen atoms in total. The Balaban J connectivity index is 1.37. The van der Waals surface area contributed by atoms with Crippen molar-refractivity contribution >= 4 is 5.91 Å². The van der Waals surface area contributed by atoms with Crippen LogP contribution < -0.4 is 5.32 Å². The SMILES string of the molecule is CCC12CC3C4CC=C5CC(O)CCC5(C)C4CCC3(C)C1C(C)=C(CCC(C)CNC(C)=O)O2. The molecule has 9 unspecified atom stereocenters. The number of carbonyl (C=O) groups excluding carboxylic acids is 1. The molecule has 0 radical (unpaired) electrons. The molecule has 196 valence electrons. The van der Waals surface area contributed by atoms with E-state index in [0.29, 0.717) is 22.7 Å². The Kier molecular flexibility index (Phi) is 6.47. The molecule has 0 saturated heterocycles. The highest BCUT2D eigenvalue weighted by molar-refractivity contribution is 5.72. The number of ether oxygens (including phenoxy) is 1. The zero-order valence-corrected chi connectivity index (χ0v) is 23.1. The molecular formula is C31H49NO3. The predicted molar refractivity (Wildman–Crippen MR) is 140 cm³/mol. The van der Waals surface area contributed by atoms with Crippen LogP contribution in [0, 0.1) is 40.4 Å². The van der Waals surface area contributed by atoms with Crippen LogP contribution >= 0.6 is 0 Å². The fourth-order valence-electron chi connectivity index (χ4n) is 9.77. The van der Waals surface area contributed by atoms with Gasteiger partial charge in [-0.25, -0.2) is 0 Å². The summed E-state index contributed by atoms with van der Waals surface area (Å²) < 4.78 is 7.04. The summed E-state index contributed by atoms with van der Waals surface area (Å²) in [6.45, 7) is 14.4. The number of hydrogen-bond acceptors (Lipinski definition) is 3. The zero-order chi connectivity index (χ0) is 25.2. The van der Waals surface area contributed by atoms with E-state index >= 15 is 0 Å². The Hall–Kier alpha value is -1.29. The van der Waals surface area contributed by atoms with Gasteiger partial charge in [0.2, 0.25) is 5.91 Å². The van der Waals surface area contributed by atoms with Gasteiger partial charge >= 0.3 is 0 Å². The molecule has 0 aromatic rings. The van der Waals surface area contributed by atoms with Crippen molar-refractivity contribution in [2.24, 2.45) is 40.4 Å². The van der Waals surface area contributed by atoms with Crippen molar-refractivity contribution in [2.45, 2.75) is 117 Å². The van der Waals surface area contributed by atoms with E-state index in [1.165, 1.54) is 37.0 Å². The highest BCUT2D eigenvalue weighted by atomic mass is 16.5. The molecular weight excluding hydrogens is 434 g/mol. The van der Waals surface area contributed by atoms with Crippen molar-refractivity contribution in [3.8, 4) is 0 Å². The fraction of sp³-hybridized carbons (Fsp3) is 0.839. The first-order valence-corrected chi connectivity index (χ1v) is 14.5. The fourth-order valence-corrected chi connectivity index (χ4v) is 9.77. The number of fused-ring (bicyclic) bond motifs is 7. The van der Waals surface area contributed by atoms with E-state index in [0.717, 1.165) is 62.8 Å². The first-order chi connectivity index (χ1) is 16.5. The Morgan fingerprint density at radius 1 is 1.26 bits per heavy atom. The molecule has 2 N–H and O–H groups in total. The Morgan fingerprint density at radius 3 is 2.74 bits per heavy atom. The van der Waals surface area contributed by atoms with Crippen LogP contribution in [0.15, 0.2) is 23.0 Å². The van der Waals surface area contributed by atoms with Gasteiger partial charge < -0.3 is 15.2 Å². The lowest BCUT2D eigenvalue weighted by atomic mass is 9.47. The van der Waals surface area contributed by atoms with E-state index in [9.17, 15) is 9.90 Å². The van der Waals surface area contributed by atoms with E-state index < -0.39 is 0 Å². The van der Waals surface area contributed by atoms with Gasteiger partial charge in [0.1, 0.15) is 5.60 Å². The highest BCUT2D eigenvalue weighted by Crippen LogP contribution is 2.72. The quantitative estimate of drug-likeness (QED) is 0.422. The molecule has 35 heavy (non-hydrogen) atoms. The first kappa shape index (κ1) is 25.4. The number of amides is 1. The van der Waals surface area contributed by atoms with Crippen LogP contribution in [0.3, 0.4) is 0 Å². The van der Waals surface area contributed by atoms with Gasteiger partial charge in [0.25, 0.3) is 0 Å². The molecule has 3 saturated carbocycles. The molecule has 5 aliphatic rings. The molecule has 4 aliphatic carbocycles. The van der Waals surface area contributed by atoms with Gasteiger partial charge in [0, 0.05) is 25.8 Å². The standard InChI is InChI=1S/C31H49NO3/c1-7-31-17-26-24-10-9-22-16-23(34)12-14-29(22,5)25(24)13-15-30(26,6)28(31)20(3)27(35-31)11-8-19(2)18-32-21(4)33/h9,19,23-26,28,34H,7-8,10-18H2,1-6H3,(H,32,33). The molecule has 3 fully saturated rings. The topological polar surface area (TPSA) is 58.6 Å².